The summed E-state index contributed by atoms with van der Waals surface area (Å²) in [5.41, 5.74) is 3.76. The average molecular weight is 422 g/mol. The first kappa shape index (κ1) is 22.2. The summed E-state index contributed by atoms with van der Waals surface area (Å²) in [6.45, 7) is 7.04. The van der Waals surface area contributed by atoms with Crippen molar-refractivity contribution < 1.29 is 23.9 Å². The number of ether oxygens (including phenoxy) is 1. The lowest BCUT2D eigenvalue weighted by molar-refractivity contribution is -0.157. The number of carbonyl (C=O) groups is 4. The highest BCUT2D eigenvalue weighted by atomic mass is 16.5. The van der Waals surface area contributed by atoms with Crippen molar-refractivity contribution in [3.63, 3.8) is 0 Å². The maximum atomic E-state index is 12.6. The number of amides is 2. The number of rotatable bonds is 6. The lowest BCUT2D eigenvalue weighted by Crippen LogP contribution is -2.33. The number of ketones is 1. The van der Waals surface area contributed by atoms with E-state index < -0.39 is 23.9 Å². The van der Waals surface area contributed by atoms with Crippen molar-refractivity contribution in [3.8, 4) is 0 Å². The van der Waals surface area contributed by atoms with E-state index in [1.807, 2.05) is 32.0 Å². The highest BCUT2D eigenvalue weighted by Crippen LogP contribution is 2.30. The number of esters is 1. The number of nitrogens with one attached hydrogen (secondary N) is 1. The van der Waals surface area contributed by atoms with Crippen LogP contribution in [0.1, 0.15) is 41.8 Å². The van der Waals surface area contributed by atoms with Crippen molar-refractivity contribution in [2.75, 3.05) is 16.8 Å². The molecule has 2 aromatic carbocycles. The summed E-state index contributed by atoms with van der Waals surface area (Å²) >= 11 is 0. The highest BCUT2D eigenvalue weighted by molar-refractivity contribution is 6.01. The van der Waals surface area contributed by atoms with Gasteiger partial charge in [-0.1, -0.05) is 24.3 Å². The van der Waals surface area contributed by atoms with Crippen molar-refractivity contribution in [2.45, 2.75) is 40.2 Å². The van der Waals surface area contributed by atoms with E-state index in [0.29, 0.717) is 11.3 Å². The second kappa shape index (κ2) is 9.12. The second-order valence-electron chi connectivity index (χ2n) is 7.83. The number of Topliss-reactive ketones (excluding diaryl/α,β-unsaturated/α-hetero) is 1. The number of hydrogen-bond donors (Lipinski definition) is 1. The molecule has 0 aromatic heterocycles. The van der Waals surface area contributed by atoms with Crippen LogP contribution in [0.25, 0.3) is 0 Å². The first-order valence-corrected chi connectivity index (χ1v) is 10.2. The van der Waals surface area contributed by atoms with Crippen LogP contribution in [0.15, 0.2) is 42.5 Å². The Kier molecular flexibility index (Phi) is 6.53. The fourth-order valence-corrected chi connectivity index (χ4v) is 3.51. The average Bonchev–Trinajstić information content (AvgIpc) is 3.11. The number of carbonyl (C=O) groups excluding carboxylic acids is 4. The summed E-state index contributed by atoms with van der Waals surface area (Å²) in [4.78, 5) is 50.6. The molecule has 1 aliphatic heterocycles. The summed E-state index contributed by atoms with van der Waals surface area (Å²) < 4.78 is 5.34. The van der Waals surface area contributed by atoms with Gasteiger partial charge in [0.15, 0.2) is 11.9 Å². The lowest BCUT2D eigenvalue weighted by Gasteiger charge is -2.20. The van der Waals surface area contributed by atoms with E-state index in [4.69, 9.17) is 4.74 Å². The van der Waals surface area contributed by atoms with Crippen LogP contribution in [0.4, 0.5) is 11.4 Å². The molecule has 1 heterocycles. The van der Waals surface area contributed by atoms with Crippen molar-refractivity contribution in [2.24, 2.45) is 5.92 Å². The number of aryl methyl sites for hydroxylation is 1. The molecule has 0 saturated carbocycles. The Morgan fingerprint density at radius 3 is 2.55 bits per heavy atom. The molecular formula is C24H26N2O5. The molecular weight excluding hydrogens is 396 g/mol. The Morgan fingerprint density at radius 2 is 1.84 bits per heavy atom. The second-order valence-corrected chi connectivity index (χ2v) is 7.83. The smallest absolute Gasteiger partial charge is 0.312 e. The molecule has 7 heteroatoms. The van der Waals surface area contributed by atoms with E-state index in [1.165, 1.54) is 13.8 Å². The first-order valence-electron chi connectivity index (χ1n) is 10.2. The van der Waals surface area contributed by atoms with Crippen molar-refractivity contribution in [1.82, 2.24) is 0 Å². The van der Waals surface area contributed by atoms with Gasteiger partial charge in [0.2, 0.25) is 5.91 Å². The Balaban J connectivity index is 1.61. The van der Waals surface area contributed by atoms with Crippen LogP contribution < -0.4 is 10.2 Å². The third-order valence-corrected chi connectivity index (χ3v) is 5.52. The zero-order valence-corrected chi connectivity index (χ0v) is 18.1. The van der Waals surface area contributed by atoms with E-state index in [1.54, 1.807) is 29.2 Å². The first-order chi connectivity index (χ1) is 14.7. The molecule has 1 saturated heterocycles. The molecule has 0 spiro atoms. The Labute approximate surface area is 181 Å². The van der Waals surface area contributed by atoms with Gasteiger partial charge in [-0.25, -0.2) is 0 Å². The minimum atomic E-state index is -1.04. The van der Waals surface area contributed by atoms with Crippen LogP contribution in [-0.2, 0) is 19.1 Å². The van der Waals surface area contributed by atoms with Gasteiger partial charge < -0.3 is 15.0 Å². The van der Waals surface area contributed by atoms with Crippen LogP contribution in [0.5, 0.6) is 0 Å². The van der Waals surface area contributed by atoms with Gasteiger partial charge in [-0.05, 0) is 57.0 Å². The summed E-state index contributed by atoms with van der Waals surface area (Å²) in [5.74, 6) is -1.99. The van der Waals surface area contributed by atoms with Crippen LogP contribution in [-0.4, -0.2) is 36.2 Å². The fourth-order valence-electron chi connectivity index (χ4n) is 3.51. The van der Waals surface area contributed by atoms with Crippen LogP contribution in [0, 0.1) is 19.8 Å². The zero-order chi connectivity index (χ0) is 22.7. The number of anilines is 2. The third kappa shape index (κ3) is 4.99. The van der Waals surface area contributed by atoms with E-state index in [0.717, 1.165) is 16.8 Å². The minimum Gasteiger partial charge on any atom is -0.452 e. The van der Waals surface area contributed by atoms with Gasteiger partial charge >= 0.3 is 5.97 Å². The molecule has 2 amide bonds. The monoisotopic (exact) mass is 422 g/mol. The van der Waals surface area contributed by atoms with Crippen molar-refractivity contribution in [1.29, 1.82) is 0 Å². The summed E-state index contributed by atoms with van der Waals surface area (Å²) in [5, 5.41) is 2.64. The van der Waals surface area contributed by atoms with Crippen molar-refractivity contribution >= 4 is 34.9 Å². The van der Waals surface area contributed by atoms with E-state index in [-0.39, 0.29) is 24.7 Å². The molecule has 7 nitrogen and oxygen atoms in total. The summed E-state index contributed by atoms with van der Waals surface area (Å²) in [7, 11) is 0. The summed E-state index contributed by atoms with van der Waals surface area (Å²) in [6, 6.07) is 12.2. The molecule has 2 aromatic rings. The van der Waals surface area contributed by atoms with Gasteiger partial charge in [-0.2, -0.15) is 0 Å². The van der Waals surface area contributed by atoms with Crippen LogP contribution >= 0.6 is 0 Å². The largest absolute Gasteiger partial charge is 0.452 e. The molecule has 1 N–H and O–H groups in total. The quantitative estimate of drug-likeness (QED) is 0.569. The predicted octanol–water partition coefficient (Wildman–Crippen LogP) is 3.43. The van der Waals surface area contributed by atoms with E-state index in [9.17, 15) is 19.2 Å². The molecule has 0 unspecified atom stereocenters. The molecule has 0 aliphatic carbocycles. The SMILES string of the molecule is CC(=O)c1cccc(NC(=O)[C@H](C)OC(=O)[C@@H]2CC(=O)N(c3cccc(C)c3C)C2)c1. The Bertz CT molecular complexity index is 1050. The third-order valence-electron chi connectivity index (χ3n) is 5.52. The topological polar surface area (TPSA) is 92.8 Å². The van der Waals surface area contributed by atoms with Gasteiger partial charge in [-0.3, -0.25) is 19.2 Å². The number of nitrogens with zero attached hydrogens (tertiary/aromatic N) is 1. The fraction of sp³-hybridized carbons (Fsp3) is 0.333. The Morgan fingerprint density at radius 1 is 1.13 bits per heavy atom. The van der Waals surface area contributed by atoms with E-state index in [2.05, 4.69) is 5.32 Å². The molecule has 31 heavy (non-hydrogen) atoms. The molecule has 162 valence electrons. The highest BCUT2D eigenvalue weighted by Gasteiger charge is 2.37. The van der Waals surface area contributed by atoms with Crippen LogP contribution in [0.2, 0.25) is 0 Å². The zero-order valence-electron chi connectivity index (χ0n) is 18.1. The van der Waals surface area contributed by atoms with Gasteiger partial charge in [0.1, 0.15) is 0 Å². The molecule has 3 rings (SSSR count). The van der Waals surface area contributed by atoms with E-state index >= 15 is 0 Å². The van der Waals surface area contributed by atoms with Gasteiger partial charge in [0, 0.05) is 29.9 Å². The van der Waals surface area contributed by atoms with Gasteiger partial charge in [-0.15, -0.1) is 0 Å². The van der Waals surface area contributed by atoms with Crippen LogP contribution in [0.3, 0.4) is 0 Å². The van der Waals surface area contributed by atoms with Gasteiger partial charge in [0.25, 0.3) is 5.91 Å². The summed E-state index contributed by atoms with van der Waals surface area (Å²) in [6.07, 6.45) is -1.00. The number of hydrogen-bond acceptors (Lipinski definition) is 5. The molecule has 1 aliphatic rings. The van der Waals surface area contributed by atoms with Gasteiger partial charge in [0.05, 0.1) is 5.92 Å². The maximum Gasteiger partial charge on any atom is 0.312 e. The molecule has 0 radical (unpaired) electrons. The normalized spacial score (nSPS) is 16.7. The Hall–Kier alpha value is -3.48. The lowest BCUT2D eigenvalue weighted by atomic mass is 10.1. The molecule has 1 fully saturated rings. The number of benzene rings is 2. The molecule has 2 atom stereocenters. The van der Waals surface area contributed by atoms with Crippen molar-refractivity contribution in [3.05, 3.63) is 59.2 Å². The maximum absolute atomic E-state index is 12.6. The minimum absolute atomic E-state index is 0.0429. The standard InChI is InChI=1S/C24H26N2O5/c1-14-7-5-10-21(15(14)2)26-13-19(12-22(26)28)24(30)31-17(4)23(29)25-20-9-6-8-18(11-20)16(3)27/h5-11,17,19H,12-13H2,1-4H3,(H,25,29)/t17-,19+/m0/s1. The predicted molar refractivity (Wildman–Crippen MR) is 117 cm³/mol. The molecule has 0 bridgehead atoms.